The van der Waals surface area contributed by atoms with Crippen molar-refractivity contribution >= 4 is 17.4 Å². The third-order valence-corrected chi connectivity index (χ3v) is 4.50. The van der Waals surface area contributed by atoms with E-state index in [0.29, 0.717) is 0 Å². The Bertz CT molecular complexity index is 1350. The first kappa shape index (κ1) is 20.3. The van der Waals surface area contributed by atoms with E-state index in [4.69, 9.17) is 11.5 Å². The highest BCUT2D eigenvalue weighted by atomic mass is 19.4. The molecule has 0 aliphatic heterocycles. The van der Waals surface area contributed by atoms with E-state index in [9.17, 15) is 22.4 Å². The molecule has 0 aliphatic carbocycles. The number of benzene rings is 1. The number of primary amides is 1. The van der Waals surface area contributed by atoms with E-state index in [1.54, 1.807) is 0 Å². The summed E-state index contributed by atoms with van der Waals surface area (Å²) < 4.78 is 55.4. The molecule has 0 radical (unpaired) electrons. The Hall–Kier alpha value is -4.02. The summed E-state index contributed by atoms with van der Waals surface area (Å²) in [5.41, 5.74) is 10.7. The quantitative estimate of drug-likeness (QED) is 0.482. The van der Waals surface area contributed by atoms with Gasteiger partial charge in [0, 0.05) is 23.0 Å². The van der Waals surface area contributed by atoms with Gasteiger partial charge in [0.15, 0.2) is 11.5 Å². The molecule has 1 amide bonds. The van der Waals surface area contributed by atoms with Crippen molar-refractivity contribution in [2.75, 3.05) is 5.73 Å². The van der Waals surface area contributed by atoms with Gasteiger partial charge in [-0.25, -0.2) is 19.3 Å². The van der Waals surface area contributed by atoms with E-state index >= 15 is 0 Å². The zero-order valence-corrected chi connectivity index (χ0v) is 15.9. The van der Waals surface area contributed by atoms with Crippen LogP contribution < -0.4 is 11.5 Å². The molecular formula is C20H14F4N6O. The van der Waals surface area contributed by atoms with E-state index < -0.39 is 23.6 Å². The third kappa shape index (κ3) is 3.65. The van der Waals surface area contributed by atoms with Crippen molar-refractivity contribution in [2.45, 2.75) is 13.1 Å². The standard InChI is InChI=1S/C20H14F4N6O/c1-9-5-11(7-14(27-9)20(22,23)24)16-15(10-3-2-4-12(21)6-10)29-17(25)19-28-13(18(26)31)8-30(16)19/h2-8H,1H3,(H2,25,29)(H2,26,31). The second-order valence-electron chi connectivity index (χ2n) is 6.77. The average molecular weight is 430 g/mol. The number of hydrogen-bond donors (Lipinski definition) is 2. The molecular weight excluding hydrogens is 416 g/mol. The van der Waals surface area contributed by atoms with Crippen molar-refractivity contribution in [1.29, 1.82) is 0 Å². The zero-order chi connectivity index (χ0) is 22.5. The fourth-order valence-electron chi connectivity index (χ4n) is 3.25. The number of aryl methyl sites for hydroxylation is 1. The van der Waals surface area contributed by atoms with Crippen LogP contribution in [0.2, 0.25) is 0 Å². The van der Waals surface area contributed by atoms with Crippen LogP contribution in [-0.2, 0) is 6.18 Å². The number of nitrogens with zero attached hydrogens (tertiary/aromatic N) is 4. The number of hydrogen-bond acceptors (Lipinski definition) is 5. The van der Waals surface area contributed by atoms with Crippen LogP contribution in [0.4, 0.5) is 23.4 Å². The summed E-state index contributed by atoms with van der Waals surface area (Å²) in [6.07, 6.45) is -3.45. The summed E-state index contributed by atoms with van der Waals surface area (Å²) in [7, 11) is 0. The number of imidazole rings is 1. The van der Waals surface area contributed by atoms with Crippen LogP contribution in [-0.4, -0.2) is 25.3 Å². The number of rotatable bonds is 3. The van der Waals surface area contributed by atoms with Crippen molar-refractivity contribution < 1.29 is 22.4 Å². The van der Waals surface area contributed by atoms with Crippen LogP contribution in [0.3, 0.4) is 0 Å². The molecule has 4 rings (SSSR count). The largest absolute Gasteiger partial charge is 0.433 e. The Kier molecular flexibility index (Phi) is 4.60. The second-order valence-corrected chi connectivity index (χ2v) is 6.77. The summed E-state index contributed by atoms with van der Waals surface area (Å²) in [6, 6.07) is 7.59. The maximum atomic E-state index is 13.9. The predicted molar refractivity (Wildman–Crippen MR) is 104 cm³/mol. The highest BCUT2D eigenvalue weighted by Gasteiger charge is 2.33. The zero-order valence-electron chi connectivity index (χ0n) is 15.9. The van der Waals surface area contributed by atoms with Gasteiger partial charge in [0.1, 0.15) is 17.2 Å². The molecule has 0 unspecified atom stereocenters. The fourth-order valence-corrected chi connectivity index (χ4v) is 3.25. The van der Waals surface area contributed by atoms with Crippen LogP contribution in [0.5, 0.6) is 0 Å². The minimum Gasteiger partial charge on any atom is -0.381 e. The number of alkyl halides is 3. The number of carbonyl (C=O) groups is 1. The van der Waals surface area contributed by atoms with Gasteiger partial charge in [-0.3, -0.25) is 9.20 Å². The molecule has 4 N–H and O–H groups in total. The Labute approximate surface area is 172 Å². The number of aromatic nitrogens is 4. The normalized spacial score (nSPS) is 11.8. The summed E-state index contributed by atoms with van der Waals surface area (Å²) >= 11 is 0. The Morgan fingerprint density at radius 3 is 2.45 bits per heavy atom. The molecule has 11 heteroatoms. The first-order chi connectivity index (χ1) is 14.5. The Balaban J connectivity index is 2.14. The van der Waals surface area contributed by atoms with E-state index in [2.05, 4.69) is 15.0 Å². The lowest BCUT2D eigenvalue weighted by molar-refractivity contribution is -0.141. The van der Waals surface area contributed by atoms with Gasteiger partial charge in [-0.1, -0.05) is 12.1 Å². The molecule has 0 fully saturated rings. The monoisotopic (exact) mass is 430 g/mol. The number of nitrogen functional groups attached to an aromatic ring is 1. The van der Waals surface area contributed by atoms with Crippen molar-refractivity contribution in [3.05, 3.63) is 65.5 Å². The predicted octanol–water partition coefficient (Wildman–Crippen LogP) is 3.61. The van der Waals surface area contributed by atoms with Gasteiger partial charge in [-0.2, -0.15) is 13.2 Å². The molecule has 31 heavy (non-hydrogen) atoms. The van der Waals surface area contributed by atoms with Gasteiger partial charge in [0.2, 0.25) is 0 Å². The SMILES string of the molecule is Cc1cc(-c2c(-c3cccc(F)c3)nc(N)c3nc(C(N)=O)cn23)cc(C(F)(F)F)n1. The number of carbonyl (C=O) groups excluding carboxylic acids is 1. The van der Waals surface area contributed by atoms with Crippen molar-refractivity contribution in [3.8, 4) is 22.5 Å². The lowest BCUT2D eigenvalue weighted by atomic mass is 10.0. The molecule has 1 aromatic carbocycles. The molecule has 4 aromatic rings. The first-order valence-corrected chi connectivity index (χ1v) is 8.85. The minimum atomic E-state index is -4.70. The summed E-state index contributed by atoms with van der Waals surface area (Å²) in [6.45, 7) is 1.41. The van der Waals surface area contributed by atoms with E-state index in [1.165, 1.54) is 47.9 Å². The minimum absolute atomic E-state index is 0.0203. The number of halogens is 4. The summed E-state index contributed by atoms with van der Waals surface area (Å²) in [5.74, 6) is -1.55. The van der Waals surface area contributed by atoms with Crippen molar-refractivity contribution in [2.24, 2.45) is 5.73 Å². The third-order valence-electron chi connectivity index (χ3n) is 4.50. The van der Waals surface area contributed by atoms with E-state index in [1.807, 2.05) is 0 Å². The van der Waals surface area contributed by atoms with Gasteiger partial charge in [0.05, 0.1) is 11.4 Å². The fraction of sp³-hybridized carbons (Fsp3) is 0.100. The Morgan fingerprint density at radius 2 is 1.81 bits per heavy atom. The maximum absolute atomic E-state index is 13.9. The van der Waals surface area contributed by atoms with Crippen molar-refractivity contribution in [1.82, 2.24) is 19.4 Å². The molecule has 0 spiro atoms. The topological polar surface area (TPSA) is 112 Å². The average Bonchev–Trinajstić information content (AvgIpc) is 3.13. The molecule has 0 atom stereocenters. The molecule has 0 saturated carbocycles. The number of anilines is 1. The van der Waals surface area contributed by atoms with Crippen LogP contribution in [0, 0.1) is 12.7 Å². The smallest absolute Gasteiger partial charge is 0.381 e. The van der Waals surface area contributed by atoms with Gasteiger partial charge in [-0.15, -0.1) is 0 Å². The molecule has 0 bridgehead atoms. The summed E-state index contributed by atoms with van der Waals surface area (Å²) in [4.78, 5) is 23.5. The lowest BCUT2D eigenvalue weighted by Crippen LogP contribution is -2.11. The van der Waals surface area contributed by atoms with Crippen LogP contribution in [0.25, 0.3) is 28.2 Å². The van der Waals surface area contributed by atoms with Gasteiger partial charge in [0.25, 0.3) is 5.91 Å². The maximum Gasteiger partial charge on any atom is 0.433 e. The molecule has 158 valence electrons. The van der Waals surface area contributed by atoms with Crippen LogP contribution in [0.15, 0.2) is 42.6 Å². The number of fused-ring (bicyclic) bond motifs is 1. The van der Waals surface area contributed by atoms with Gasteiger partial charge < -0.3 is 11.5 Å². The van der Waals surface area contributed by atoms with Gasteiger partial charge >= 0.3 is 6.18 Å². The van der Waals surface area contributed by atoms with E-state index in [-0.39, 0.29) is 45.4 Å². The summed E-state index contributed by atoms with van der Waals surface area (Å²) in [5, 5.41) is 0. The lowest BCUT2D eigenvalue weighted by Gasteiger charge is -2.15. The Morgan fingerprint density at radius 1 is 1.06 bits per heavy atom. The molecule has 3 aromatic heterocycles. The van der Waals surface area contributed by atoms with E-state index in [0.717, 1.165) is 6.07 Å². The molecule has 3 heterocycles. The van der Waals surface area contributed by atoms with Gasteiger partial charge in [-0.05, 0) is 31.2 Å². The number of pyridine rings is 1. The van der Waals surface area contributed by atoms with Crippen LogP contribution in [0.1, 0.15) is 21.9 Å². The highest BCUT2D eigenvalue weighted by molar-refractivity contribution is 5.93. The highest BCUT2D eigenvalue weighted by Crippen LogP contribution is 2.37. The first-order valence-electron chi connectivity index (χ1n) is 8.85. The molecule has 0 saturated heterocycles. The van der Waals surface area contributed by atoms with Crippen LogP contribution >= 0.6 is 0 Å². The molecule has 0 aliphatic rings. The molecule has 7 nitrogen and oxygen atoms in total. The number of nitrogens with two attached hydrogens (primary N) is 2. The van der Waals surface area contributed by atoms with Crippen molar-refractivity contribution in [3.63, 3.8) is 0 Å². The number of amides is 1. The second kappa shape index (κ2) is 7.04.